The van der Waals surface area contributed by atoms with Crippen molar-refractivity contribution in [3.8, 4) is 0 Å². The number of nitrogens with one attached hydrogen (secondary N) is 1. The fourth-order valence-electron chi connectivity index (χ4n) is 0.963. The van der Waals surface area contributed by atoms with Crippen LogP contribution in [0.1, 0.15) is 12.8 Å². The van der Waals surface area contributed by atoms with Crippen molar-refractivity contribution in [1.82, 2.24) is 5.32 Å². The molecule has 0 spiro atoms. The van der Waals surface area contributed by atoms with Crippen molar-refractivity contribution < 1.29 is 0 Å². The summed E-state index contributed by atoms with van der Waals surface area (Å²) in [6, 6.07) is 0. The van der Waals surface area contributed by atoms with E-state index in [0.29, 0.717) is 0 Å². The van der Waals surface area contributed by atoms with Gasteiger partial charge in [0.15, 0.2) is 0 Å². The van der Waals surface area contributed by atoms with Crippen molar-refractivity contribution in [3.63, 3.8) is 0 Å². The van der Waals surface area contributed by atoms with Gasteiger partial charge in [-0.3, -0.25) is 0 Å². The Kier molecular flexibility index (Phi) is 6.75. The van der Waals surface area contributed by atoms with Gasteiger partial charge in [-0.15, -0.1) is 0 Å². The third kappa shape index (κ3) is 10.8. The van der Waals surface area contributed by atoms with E-state index in [1.807, 2.05) is 0 Å². The number of hydrogen-bond donors (Lipinski definition) is 1. The van der Waals surface area contributed by atoms with Gasteiger partial charge in [-0.1, -0.05) is 0 Å². The van der Waals surface area contributed by atoms with Gasteiger partial charge in [0.05, 0.1) is 0 Å². The Labute approximate surface area is 81.5 Å². The Bertz CT molecular complexity index is 90.6. The van der Waals surface area contributed by atoms with Crippen molar-refractivity contribution in [2.75, 3.05) is 12.7 Å². The minimum atomic E-state index is -0.829. The first-order chi connectivity index (χ1) is 5.06. The zero-order chi connectivity index (χ0) is 8.74. The third-order valence-electron chi connectivity index (χ3n) is 1.61. The molecule has 0 aromatic rings. The second-order valence-corrected chi connectivity index (χ2v) is 9.92. The van der Waals surface area contributed by atoms with E-state index in [2.05, 4.69) is 42.7 Å². The van der Waals surface area contributed by atoms with Gasteiger partial charge in [0, 0.05) is 0 Å². The average molecular weight is 165 g/mol. The summed E-state index contributed by atoms with van der Waals surface area (Å²) in [5.41, 5.74) is 0. The summed E-state index contributed by atoms with van der Waals surface area (Å²) >= 11 is 2.25. The molecule has 0 amide bonds. The quantitative estimate of drug-likeness (QED) is 0.467. The van der Waals surface area contributed by atoms with Crippen LogP contribution in [-0.4, -0.2) is 38.5 Å². The van der Waals surface area contributed by atoms with Crippen LogP contribution in [0.3, 0.4) is 0 Å². The summed E-state index contributed by atoms with van der Waals surface area (Å²) in [6.07, 6.45) is 4.00. The van der Waals surface area contributed by atoms with Crippen LogP contribution in [0.25, 0.3) is 0 Å². The second-order valence-electron chi connectivity index (χ2n) is 4.44. The molecule has 0 rings (SSSR count). The van der Waals surface area contributed by atoms with Crippen LogP contribution in [0.5, 0.6) is 0 Å². The van der Waals surface area contributed by atoms with E-state index >= 15 is 0 Å². The van der Waals surface area contributed by atoms with Crippen LogP contribution in [0, 0.1) is 0 Å². The van der Waals surface area contributed by atoms with Crippen LogP contribution in [0.15, 0.2) is 0 Å². The molecule has 62 valence electrons. The average Bonchev–Trinajstić information content (AvgIpc) is 1.85. The van der Waals surface area contributed by atoms with Crippen LogP contribution in [0.4, 0.5) is 0 Å². The summed E-state index contributed by atoms with van der Waals surface area (Å²) < 4.78 is 0. The summed E-state index contributed by atoms with van der Waals surface area (Å²) in [4.78, 5) is 0. The Morgan fingerprint density at radius 1 is 1.18 bits per heavy atom. The number of hydrogen-bond acceptors (Lipinski definition) is 1. The van der Waals surface area contributed by atoms with E-state index in [0.717, 1.165) is 0 Å². The molecule has 1 nitrogen and oxygen atoms in total. The zero-order valence-corrected chi connectivity index (χ0v) is 9.54. The van der Waals surface area contributed by atoms with E-state index in [1.54, 1.807) is 0 Å². The maximum absolute atomic E-state index is 3.52. The van der Waals surface area contributed by atoms with E-state index in [9.17, 15) is 0 Å². The Morgan fingerprint density at radius 2 is 1.82 bits per heavy atom. The molecule has 0 saturated carbocycles. The molecule has 0 saturated heterocycles. The predicted octanol–water partition coefficient (Wildman–Crippen LogP) is 1.82. The summed E-state index contributed by atoms with van der Waals surface area (Å²) in [5.74, 6) is 0. The molecule has 11 heavy (non-hydrogen) atoms. The predicted molar refractivity (Wildman–Crippen MR) is 56.0 cm³/mol. The zero-order valence-electron chi connectivity index (χ0n) is 8.54. The molecule has 0 aromatic carbocycles. The first-order valence-electron chi connectivity index (χ1n) is 4.77. The van der Waals surface area contributed by atoms with Crippen molar-refractivity contribution in [2.24, 2.45) is 0 Å². The van der Waals surface area contributed by atoms with Gasteiger partial charge in [0.2, 0.25) is 0 Å². The normalized spacial score (nSPS) is 12.1. The van der Waals surface area contributed by atoms with Crippen LogP contribution >= 0.6 is 0 Å². The Morgan fingerprint density at radius 3 is 2.27 bits per heavy atom. The fraction of sp³-hybridized carbons (Fsp3) is 1.00. The van der Waals surface area contributed by atoms with Gasteiger partial charge in [-0.05, 0) is 0 Å². The maximum atomic E-state index is 3.52. The first kappa shape index (κ1) is 11.8. The molecule has 0 heterocycles. The molecule has 1 N–H and O–H groups in total. The molecule has 0 unspecified atom stereocenters. The molecule has 0 aliphatic rings. The fourth-order valence-corrected chi connectivity index (χ4v) is 1.89. The molecule has 0 aromatic heterocycles. The first-order valence-corrected chi connectivity index (χ1v) is 8.47. The van der Waals surface area contributed by atoms with Gasteiger partial charge in [0.1, 0.15) is 0 Å². The van der Waals surface area contributed by atoms with Gasteiger partial charge in [-0.25, -0.2) is 0 Å². The van der Waals surface area contributed by atoms with Crippen LogP contribution in [0.2, 0.25) is 24.7 Å². The molecular weight excluding hydrogens is 145 g/mol. The molecule has 0 fully saturated rings. The molecular formula is C8H20LiNSi. The Balaban J connectivity index is 3.02. The molecule has 0 bridgehead atoms. The molecule has 0 aliphatic carbocycles. The van der Waals surface area contributed by atoms with Crippen molar-refractivity contribution >= 4 is 25.8 Å². The monoisotopic (exact) mass is 165 g/mol. The van der Waals surface area contributed by atoms with Gasteiger partial charge < -0.3 is 0 Å². The molecule has 3 heteroatoms. The topological polar surface area (TPSA) is 12.0 Å². The summed E-state index contributed by atoms with van der Waals surface area (Å²) in [6.45, 7) is 8.43. The Hall–Kier alpha value is 0.774. The number of rotatable bonds is 6. The van der Waals surface area contributed by atoms with E-state index < -0.39 is 8.07 Å². The summed E-state index contributed by atoms with van der Waals surface area (Å²) in [5, 5.41) is 4.85. The minimum absolute atomic E-state index is 0.829. The van der Waals surface area contributed by atoms with E-state index in [1.165, 1.54) is 30.6 Å². The molecule has 0 atom stereocenters. The van der Waals surface area contributed by atoms with Crippen molar-refractivity contribution in [2.45, 2.75) is 37.6 Å². The van der Waals surface area contributed by atoms with Gasteiger partial charge in [-0.2, -0.15) is 0 Å². The van der Waals surface area contributed by atoms with Gasteiger partial charge in [0.25, 0.3) is 0 Å². The third-order valence-corrected chi connectivity index (χ3v) is 2.92. The van der Waals surface area contributed by atoms with Gasteiger partial charge >= 0.3 is 81.4 Å². The van der Waals surface area contributed by atoms with E-state index in [4.69, 9.17) is 0 Å². The molecule has 0 radical (unpaired) electrons. The molecule has 0 aliphatic heterocycles. The van der Waals surface area contributed by atoms with Crippen LogP contribution < -0.4 is 5.32 Å². The standard InChI is InChI=1S/C8H20NSi.Li/c1-5-6-7-9-8-10(2,3)4;/h9H,1,5-8H2,2-4H3;. The SMILES string of the molecule is [Li][CH2]CCCNC[Si](C)(C)C. The van der Waals surface area contributed by atoms with E-state index in [-0.39, 0.29) is 0 Å². The van der Waals surface area contributed by atoms with Crippen molar-refractivity contribution in [3.05, 3.63) is 0 Å². The van der Waals surface area contributed by atoms with Crippen molar-refractivity contribution in [1.29, 1.82) is 0 Å². The van der Waals surface area contributed by atoms with Crippen LogP contribution in [-0.2, 0) is 0 Å². The number of unbranched alkanes of at least 4 members (excludes halogenated alkanes) is 1. The second kappa shape index (κ2) is 6.31. The summed E-state index contributed by atoms with van der Waals surface area (Å²) in [7, 11) is -0.829.